The molecule has 3 aliphatic rings. The Balaban J connectivity index is 1.72. The van der Waals surface area contributed by atoms with E-state index in [1.54, 1.807) is 0 Å². The molecule has 0 unspecified atom stereocenters. The molecular weight excluding hydrogens is 356 g/mol. The number of hydrogen-bond donors (Lipinski definition) is 0. The van der Waals surface area contributed by atoms with Crippen molar-refractivity contribution in [3.63, 3.8) is 0 Å². The van der Waals surface area contributed by atoms with Crippen molar-refractivity contribution in [2.75, 3.05) is 37.7 Å². The molecular formula is C19H26ClN2S2+. The third kappa shape index (κ3) is 4.14. The fourth-order valence-corrected chi connectivity index (χ4v) is 5.70. The summed E-state index contributed by atoms with van der Waals surface area (Å²) in [6, 6.07) is 0. The van der Waals surface area contributed by atoms with Gasteiger partial charge in [-0.2, -0.15) is 0 Å². The van der Waals surface area contributed by atoms with Gasteiger partial charge in [-0.1, -0.05) is 35.5 Å². The fourth-order valence-electron chi connectivity index (χ4n) is 3.21. The Labute approximate surface area is 159 Å². The van der Waals surface area contributed by atoms with Gasteiger partial charge in [0.1, 0.15) is 6.54 Å². The third-order valence-corrected chi connectivity index (χ3v) is 7.33. The summed E-state index contributed by atoms with van der Waals surface area (Å²) < 4.78 is 2.43. The molecule has 0 saturated carbocycles. The molecule has 0 bridgehead atoms. The molecule has 5 heteroatoms. The average molecular weight is 382 g/mol. The molecule has 130 valence electrons. The summed E-state index contributed by atoms with van der Waals surface area (Å²) >= 11 is 10.5. The predicted octanol–water partition coefficient (Wildman–Crippen LogP) is 4.84. The van der Waals surface area contributed by atoms with Gasteiger partial charge in [0.15, 0.2) is 6.54 Å². The molecule has 1 aliphatic carbocycles. The van der Waals surface area contributed by atoms with Gasteiger partial charge in [-0.25, -0.2) is 4.58 Å². The maximum Gasteiger partial charge on any atom is 0.234 e. The van der Waals surface area contributed by atoms with Crippen LogP contribution >= 0.6 is 35.1 Å². The number of hydrogen-bond acceptors (Lipinski definition) is 3. The first-order chi connectivity index (χ1) is 11.7. The van der Waals surface area contributed by atoms with E-state index in [0.717, 1.165) is 44.1 Å². The molecule has 24 heavy (non-hydrogen) atoms. The molecule has 2 aliphatic heterocycles. The van der Waals surface area contributed by atoms with Gasteiger partial charge in [0.2, 0.25) is 5.04 Å². The van der Waals surface area contributed by atoms with E-state index < -0.39 is 0 Å². The molecule has 0 radical (unpaired) electrons. The summed E-state index contributed by atoms with van der Waals surface area (Å²) in [7, 11) is 0. The molecule has 0 N–H and O–H groups in total. The highest BCUT2D eigenvalue weighted by Gasteiger charge is 2.21. The lowest BCUT2D eigenvalue weighted by Gasteiger charge is -2.15. The van der Waals surface area contributed by atoms with Gasteiger partial charge in [0.05, 0.1) is 10.8 Å². The van der Waals surface area contributed by atoms with Crippen LogP contribution in [0, 0.1) is 0 Å². The van der Waals surface area contributed by atoms with Crippen molar-refractivity contribution in [3.05, 3.63) is 45.5 Å². The van der Waals surface area contributed by atoms with Gasteiger partial charge in [0, 0.05) is 30.0 Å². The summed E-state index contributed by atoms with van der Waals surface area (Å²) in [4.78, 5) is 2.43. The quantitative estimate of drug-likeness (QED) is 0.629. The molecule has 1 saturated heterocycles. The van der Waals surface area contributed by atoms with Crippen LogP contribution in [0.2, 0.25) is 0 Å². The second-order valence-corrected chi connectivity index (χ2v) is 8.67. The molecule has 3 rings (SSSR count). The van der Waals surface area contributed by atoms with Crippen LogP contribution in [0.15, 0.2) is 45.5 Å². The highest BCUT2D eigenvalue weighted by atomic mass is 35.5. The lowest BCUT2D eigenvalue weighted by Crippen LogP contribution is -2.16. The maximum absolute atomic E-state index is 6.64. The highest BCUT2D eigenvalue weighted by molar-refractivity contribution is 8.14. The minimum absolute atomic E-state index is 0.959. The van der Waals surface area contributed by atoms with Crippen molar-refractivity contribution < 1.29 is 4.58 Å². The van der Waals surface area contributed by atoms with Crippen molar-refractivity contribution >= 4 is 40.2 Å². The van der Waals surface area contributed by atoms with Gasteiger partial charge < -0.3 is 4.90 Å². The Bertz CT molecular complexity index is 644. The Morgan fingerprint density at radius 1 is 1.12 bits per heavy atom. The molecule has 0 amide bonds. The van der Waals surface area contributed by atoms with Crippen LogP contribution < -0.4 is 0 Å². The second-order valence-electron chi connectivity index (χ2n) is 6.06. The van der Waals surface area contributed by atoms with Crippen LogP contribution in [-0.4, -0.2) is 52.2 Å². The topological polar surface area (TPSA) is 6.25 Å². The average Bonchev–Trinajstić information content (AvgIpc) is 3.31. The molecule has 0 aromatic rings. The minimum atomic E-state index is 0.959. The lowest BCUT2D eigenvalue weighted by atomic mass is 10.2. The summed E-state index contributed by atoms with van der Waals surface area (Å²) in [6.07, 6.45) is 11.1. The molecule has 2 nitrogen and oxygen atoms in total. The van der Waals surface area contributed by atoms with E-state index in [1.807, 2.05) is 23.5 Å². The number of nitrogens with zero attached hydrogens (tertiary/aromatic N) is 2. The monoisotopic (exact) mass is 381 g/mol. The van der Waals surface area contributed by atoms with Crippen molar-refractivity contribution in [3.8, 4) is 0 Å². The van der Waals surface area contributed by atoms with Crippen molar-refractivity contribution in [1.82, 2.24) is 4.90 Å². The Morgan fingerprint density at radius 2 is 2.00 bits per heavy atom. The zero-order valence-electron chi connectivity index (χ0n) is 14.6. The van der Waals surface area contributed by atoms with E-state index in [0.29, 0.717) is 0 Å². The van der Waals surface area contributed by atoms with Crippen LogP contribution in [0.1, 0.15) is 26.7 Å². The first-order valence-electron chi connectivity index (χ1n) is 8.83. The maximum atomic E-state index is 6.64. The zero-order chi connectivity index (χ0) is 16.9. The van der Waals surface area contributed by atoms with Gasteiger partial charge >= 0.3 is 0 Å². The highest BCUT2D eigenvalue weighted by Crippen LogP contribution is 2.36. The van der Waals surface area contributed by atoms with E-state index in [4.69, 9.17) is 11.6 Å². The number of thioether (sulfide) groups is 2. The molecule has 0 atom stereocenters. The predicted molar refractivity (Wildman–Crippen MR) is 110 cm³/mol. The van der Waals surface area contributed by atoms with Gasteiger partial charge in [0.25, 0.3) is 0 Å². The summed E-state index contributed by atoms with van der Waals surface area (Å²) in [5.74, 6) is 2.40. The smallest absolute Gasteiger partial charge is 0.234 e. The Kier molecular flexibility index (Phi) is 6.59. The Morgan fingerprint density at radius 3 is 2.79 bits per heavy atom. The van der Waals surface area contributed by atoms with E-state index in [1.165, 1.54) is 32.7 Å². The zero-order valence-corrected chi connectivity index (χ0v) is 16.9. The molecule has 1 fully saturated rings. The SMILES string of the molecule is CCN1CCS/C1=C\C=C1/CCC(/C=C/C2=[N+](CC)CCS2)=C1Cl. The summed E-state index contributed by atoms with van der Waals surface area (Å²) in [6.45, 7) is 8.94. The van der Waals surface area contributed by atoms with Gasteiger partial charge in [-0.15, -0.1) is 11.8 Å². The largest absolute Gasteiger partial charge is 0.366 e. The number of rotatable bonds is 5. The Hall–Kier alpha value is -0.580. The van der Waals surface area contributed by atoms with Crippen LogP contribution in [0.3, 0.4) is 0 Å². The summed E-state index contributed by atoms with van der Waals surface area (Å²) in [5.41, 5.74) is 2.56. The number of halogens is 1. The van der Waals surface area contributed by atoms with E-state index in [-0.39, 0.29) is 0 Å². The van der Waals surface area contributed by atoms with Gasteiger partial charge in [-0.3, -0.25) is 0 Å². The molecule has 0 aromatic carbocycles. The summed E-state index contributed by atoms with van der Waals surface area (Å²) in [5, 5.41) is 3.73. The normalized spacial score (nSPS) is 25.5. The van der Waals surface area contributed by atoms with Crippen LogP contribution in [0.5, 0.6) is 0 Å². The van der Waals surface area contributed by atoms with E-state index >= 15 is 0 Å². The molecule has 0 spiro atoms. The first kappa shape index (κ1) is 18.2. The van der Waals surface area contributed by atoms with Crippen LogP contribution in [0.4, 0.5) is 0 Å². The third-order valence-electron chi connectivity index (χ3n) is 4.69. The lowest BCUT2D eigenvalue weighted by molar-refractivity contribution is -0.513. The first-order valence-corrected chi connectivity index (χ1v) is 11.2. The molecule has 2 heterocycles. The standard InChI is InChI=1S/C19H26ClN2S2/c1-3-21-11-13-23-17(21)9-7-15-5-6-16(19(15)20)8-10-18-22(4-2)12-14-24-18/h7-10H,3-6,11-14H2,1-2H3/q+1. The van der Waals surface area contributed by atoms with E-state index in [2.05, 4.69) is 47.6 Å². The van der Waals surface area contributed by atoms with Gasteiger partial charge in [-0.05, 0) is 43.9 Å². The number of allylic oxidation sites excluding steroid dienone is 6. The molecule has 0 aromatic heterocycles. The van der Waals surface area contributed by atoms with Crippen molar-refractivity contribution in [2.24, 2.45) is 0 Å². The van der Waals surface area contributed by atoms with Crippen molar-refractivity contribution in [2.45, 2.75) is 26.7 Å². The van der Waals surface area contributed by atoms with Crippen LogP contribution in [0.25, 0.3) is 0 Å². The van der Waals surface area contributed by atoms with Crippen LogP contribution in [-0.2, 0) is 0 Å². The fraction of sp³-hybridized carbons (Fsp3) is 0.526. The van der Waals surface area contributed by atoms with E-state index in [9.17, 15) is 0 Å². The second kappa shape index (κ2) is 8.68. The van der Waals surface area contributed by atoms with Crippen molar-refractivity contribution in [1.29, 1.82) is 0 Å². The minimum Gasteiger partial charge on any atom is -0.366 e.